The number of H-pyrrole nitrogens is 1. The van der Waals surface area contributed by atoms with E-state index in [9.17, 15) is 13.2 Å². The van der Waals surface area contributed by atoms with Crippen molar-refractivity contribution in [1.29, 1.82) is 0 Å². The van der Waals surface area contributed by atoms with Crippen LogP contribution in [0, 0.1) is 6.92 Å². The summed E-state index contributed by atoms with van der Waals surface area (Å²) in [6.07, 6.45) is 1.58. The number of carbonyl (C=O) groups excluding carboxylic acids is 1. The molecule has 0 atom stereocenters. The van der Waals surface area contributed by atoms with Gasteiger partial charge in [-0.2, -0.15) is 0 Å². The van der Waals surface area contributed by atoms with Gasteiger partial charge in [-0.3, -0.25) is 4.79 Å². The molecule has 1 aliphatic heterocycles. The minimum atomic E-state index is -3.69. The summed E-state index contributed by atoms with van der Waals surface area (Å²) in [6.45, 7) is 4.26. The van der Waals surface area contributed by atoms with Gasteiger partial charge in [-0.1, -0.05) is 6.07 Å². The number of fused-ring (bicyclic) bond motifs is 2. The van der Waals surface area contributed by atoms with Crippen molar-refractivity contribution < 1.29 is 13.2 Å². The van der Waals surface area contributed by atoms with Crippen molar-refractivity contribution >= 4 is 32.7 Å². The van der Waals surface area contributed by atoms with Crippen molar-refractivity contribution in [1.82, 2.24) is 14.7 Å². The number of anilines is 1. The molecule has 4 rings (SSSR count). The topological polar surface area (TPSA) is 95.2 Å². The minimum absolute atomic E-state index is 0.0326. The zero-order valence-electron chi connectivity index (χ0n) is 15.8. The van der Waals surface area contributed by atoms with Crippen LogP contribution in [-0.2, 0) is 27.8 Å². The van der Waals surface area contributed by atoms with E-state index in [4.69, 9.17) is 0 Å². The number of aromatic nitrogens is 2. The average Bonchev–Trinajstić information content (AvgIpc) is 3.07. The molecular formula is C20H22N4O3S. The van der Waals surface area contributed by atoms with Crippen LogP contribution in [0.4, 0.5) is 5.69 Å². The number of imidazole rings is 1. The molecule has 2 heterocycles. The van der Waals surface area contributed by atoms with Gasteiger partial charge in [-0.25, -0.2) is 18.1 Å². The summed E-state index contributed by atoms with van der Waals surface area (Å²) in [5.74, 6) is 0.527. The first-order valence-electron chi connectivity index (χ1n) is 9.19. The standard InChI is InChI=1S/C20H22N4O3S/c1-13-5-7-17-18(10-13)23-20(22-17)12-21-28(26,27)16-6-8-19-15(11-16)4-3-9-24(19)14(2)25/h5-8,10-11,21H,3-4,9,12H2,1-2H3,(H,22,23). The fourth-order valence-electron chi connectivity index (χ4n) is 3.57. The van der Waals surface area contributed by atoms with Crippen molar-refractivity contribution in [2.24, 2.45) is 0 Å². The molecule has 0 unspecified atom stereocenters. The maximum Gasteiger partial charge on any atom is 0.240 e. The molecule has 0 saturated carbocycles. The lowest BCUT2D eigenvalue weighted by Crippen LogP contribution is -2.33. The largest absolute Gasteiger partial charge is 0.341 e. The number of aryl methyl sites for hydroxylation is 2. The highest BCUT2D eigenvalue weighted by molar-refractivity contribution is 7.89. The smallest absolute Gasteiger partial charge is 0.240 e. The lowest BCUT2D eigenvalue weighted by molar-refractivity contribution is -0.116. The Balaban J connectivity index is 1.55. The highest BCUT2D eigenvalue weighted by Gasteiger charge is 2.23. The van der Waals surface area contributed by atoms with E-state index < -0.39 is 10.0 Å². The van der Waals surface area contributed by atoms with Crippen molar-refractivity contribution in [2.75, 3.05) is 11.4 Å². The Kier molecular flexibility index (Phi) is 4.68. The third-order valence-corrected chi connectivity index (χ3v) is 6.37. The molecule has 0 saturated heterocycles. The Hall–Kier alpha value is -2.71. The first-order chi connectivity index (χ1) is 13.3. The SMILES string of the molecule is CC(=O)N1CCCc2cc(S(=O)(=O)NCc3nc4ccc(C)cc4[nH]3)ccc21. The van der Waals surface area contributed by atoms with Crippen LogP contribution in [0.1, 0.15) is 30.3 Å². The van der Waals surface area contributed by atoms with Gasteiger partial charge in [0.1, 0.15) is 5.82 Å². The first-order valence-corrected chi connectivity index (χ1v) is 10.7. The molecule has 1 aliphatic rings. The van der Waals surface area contributed by atoms with Crippen LogP contribution >= 0.6 is 0 Å². The van der Waals surface area contributed by atoms with E-state index in [0.29, 0.717) is 12.4 Å². The van der Waals surface area contributed by atoms with Crippen LogP contribution < -0.4 is 9.62 Å². The normalized spacial score (nSPS) is 14.3. The highest BCUT2D eigenvalue weighted by atomic mass is 32.2. The molecule has 7 nitrogen and oxygen atoms in total. The van der Waals surface area contributed by atoms with Crippen LogP contribution in [0.2, 0.25) is 0 Å². The number of rotatable bonds is 4. The molecule has 3 aromatic rings. The van der Waals surface area contributed by atoms with E-state index in [-0.39, 0.29) is 17.3 Å². The van der Waals surface area contributed by atoms with E-state index in [1.807, 2.05) is 25.1 Å². The summed E-state index contributed by atoms with van der Waals surface area (Å²) in [7, 11) is -3.69. The van der Waals surface area contributed by atoms with Gasteiger partial charge >= 0.3 is 0 Å². The number of benzene rings is 2. The molecule has 1 amide bonds. The van der Waals surface area contributed by atoms with Crippen molar-refractivity contribution in [3.8, 4) is 0 Å². The molecule has 0 spiro atoms. The second-order valence-corrected chi connectivity index (χ2v) is 8.86. The van der Waals surface area contributed by atoms with E-state index in [2.05, 4.69) is 14.7 Å². The molecule has 1 aromatic heterocycles. The average molecular weight is 398 g/mol. The number of aromatic amines is 1. The summed E-state index contributed by atoms with van der Waals surface area (Å²) in [5.41, 5.74) is 4.47. The Bertz CT molecular complexity index is 1170. The van der Waals surface area contributed by atoms with Gasteiger partial charge < -0.3 is 9.88 Å². The quantitative estimate of drug-likeness (QED) is 0.706. The second-order valence-electron chi connectivity index (χ2n) is 7.09. The number of amides is 1. The van der Waals surface area contributed by atoms with E-state index in [1.165, 1.54) is 6.92 Å². The minimum Gasteiger partial charge on any atom is -0.341 e. The van der Waals surface area contributed by atoms with Crippen molar-refractivity contribution in [2.45, 2.75) is 38.1 Å². The van der Waals surface area contributed by atoms with E-state index in [1.54, 1.807) is 23.1 Å². The zero-order valence-corrected chi connectivity index (χ0v) is 16.6. The summed E-state index contributed by atoms with van der Waals surface area (Å²) >= 11 is 0. The predicted molar refractivity (Wildman–Crippen MR) is 108 cm³/mol. The Morgan fingerprint density at radius 2 is 2.07 bits per heavy atom. The molecule has 28 heavy (non-hydrogen) atoms. The van der Waals surface area contributed by atoms with Crippen LogP contribution in [0.15, 0.2) is 41.3 Å². The van der Waals surface area contributed by atoms with Gasteiger partial charge in [0, 0.05) is 19.2 Å². The van der Waals surface area contributed by atoms with Crippen molar-refractivity contribution in [3.63, 3.8) is 0 Å². The summed E-state index contributed by atoms with van der Waals surface area (Å²) in [4.78, 5) is 21.2. The lowest BCUT2D eigenvalue weighted by atomic mass is 10.0. The van der Waals surface area contributed by atoms with Crippen LogP contribution in [0.3, 0.4) is 0 Å². The van der Waals surface area contributed by atoms with Gasteiger partial charge in [0.05, 0.1) is 22.5 Å². The Labute approximate surface area is 163 Å². The molecule has 0 bridgehead atoms. The molecule has 2 aromatic carbocycles. The Morgan fingerprint density at radius 1 is 1.25 bits per heavy atom. The molecule has 146 valence electrons. The van der Waals surface area contributed by atoms with Gasteiger partial charge in [0.25, 0.3) is 0 Å². The molecule has 0 fully saturated rings. The van der Waals surface area contributed by atoms with Crippen LogP contribution in [-0.4, -0.2) is 30.8 Å². The first kappa shape index (κ1) is 18.6. The van der Waals surface area contributed by atoms with Crippen LogP contribution in [0.25, 0.3) is 11.0 Å². The number of hydrogen-bond acceptors (Lipinski definition) is 4. The van der Waals surface area contributed by atoms with E-state index in [0.717, 1.165) is 40.7 Å². The number of sulfonamides is 1. The maximum atomic E-state index is 12.7. The molecule has 2 N–H and O–H groups in total. The number of carbonyl (C=O) groups is 1. The van der Waals surface area contributed by atoms with Gasteiger partial charge in [-0.05, 0) is 61.2 Å². The number of nitrogens with one attached hydrogen (secondary N) is 2. The molecule has 0 radical (unpaired) electrons. The Morgan fingerprint density at radius 3 is 2.86 bits per heavy atom. The number of nitrogens with zero attached hydrogens (tertiary/aromatic N) is 2. The highest BCUT2D eigenvalue weighted by Crippen LogP contribution is 2.29. The molecule has 8 heteroatoms. The van der Waals surface area contributed by atoms with Crippen molar-refractivity contribution in [3.05, 3.63) is 53.3 Å². The van der Waals surface area contributed by atoms with Gasteiger partial charge in [0.2, 0.25) is 15.9 Å². The predicted octanol–water partition coefficient (Wildman–Crippen LogP) is 2.65. The fourth-order valence-corrected chi connectivity index (χ4v) is 4.61. The number of hydrogen-bond donors (Lipinski definition) is 2. The summed E-state index contributed by atoms with van der Waals surface area (Å²) in [6, 6.07) is 10.8. The molecule has 0 aliphatic carbocycles. The molecular weight excluding hydrogens is 376 g/mol. The van der Waals surface area contributed by atoms with Gasteiger partial charge in [0.15, 0.2) is 0 Å². The maximum absolute atomic E-state index is 12.7. The summed E-state index contributed by atoms with van der Waals surface area (Å²) < 4.78 is 28.1. The van der Waals surface area contributed by atoms with Gasteiger partial charge in [-0.15, -0.1) is 0 Å². The third-order valence-electron chi connectivity index (χ3n) is 4.98. The van der Waals surface area contributed by atoms with E-state index >= 15 is 0 Å². The zero-order chi connectivity index (χ0) is 19.9. The summed E-state index contributed by atoms with van der Waals surface area (Å²) in [5, 5.41) is 0. The second kappa shape index (κ2) is 7.03. The monoisotopic (exact) mass is 398 g/mol. The third kappa shape index (κ3) is 3.53. The van der Waals surface area contributed by atoms with Crippen LogP contribution in [0.5, 0.6) is 0 Å². The fraction of sp³-hybridized carbons (Fsp3) is 0.300. The lowest BCUT2D eigenvalue weighted by Gasteiger charge is -2.28.